The van der Waals surface area contributed by atoms with E-state index in [9.17, 15) is 0 Å². The number of hydrogen-bond acceptors (Lipinski definition) is 5. The highest BCUT2D eigenvalue weighted by atomic mass is 32.2. The number of rotatable bonds is 4. The second-order valence-electron chi connectivity index (χ2n) is 4.09. The minimum atomic E-state index is 0.744. The SMILES string of the molecule is CCc1nc(CN2CCS[C@H](CC)C2)no1. The first-order chi connectivity index (χ1) is 7.81. The monoisotopic (exact) mass is 241 g/mol. The van der Waals surface area contributed by atoms with Gasteiger partial charge in [0.05, 0.1) is 6.54 Å². The molecule has 1 aromatic rings. The van der Waals surface area contributed by atoms with Crippen LogP contribution in [-0.4, -0.2) is 39.1 Å². The highest BCUT2D eigenvalue weighted by Crippen LogP contribution is 2.21. The third-order valence-electron chi connectivity index (χ3n) is 2.86. The van der Waals surface area contributed by atoms with Crippen molar-refractivity contribution in [1.29, 1.82) is 0 Å². The first-order valence-corrected chi connectivity index (χ1v) is 7.02. The van der Waals surface area contributed by atoms with Crippen molar-refractivity contribution in [3.05, 3.63) is 11.7 Å². The van der Waals surface area contributed by atoms with Gasteiger partial charge in [0.15, 0.2) is 5.82 Å². The third kappa shape index (κ3) is 2.98. The van der Waals surface area contributed by atoms with E-state index in [1.807, 2.05) is 6.92 Å². The lowest BCUT2D eigenvalue weighted by atomic mass is 10.3. The van der Waals surface area contributed by atoms with Crippen molar-refractivity contribution in [2.24, 2.45) is 0 Å². The normalized spacial score (nSPS) is 22.5. The molecule has 2 rings (SSSR count). The van der Waals surface area contributed by atoms with Crippen molar-refractivity contribution in [2.75, 3.05) is 18.8 Å². The Balaban J connectivity index is 1.88. The Labute approximate surface area is 101 Å². The predicted molar refractivity (Wildman–Crippen MR) is 65.5 cm³/mol. The van der Waals surface area contributed by atoms with Gasteiger partial charge in [0.25, 0.3) is 0 Å². The molecule has 16 heavy (non-hydrogen) atoms. The zero-order chi connectivity index (χ0) is 11.4. The molecule has 1 aromatic heterocycles. The molecule has 2 heterocycles. The van der Waals surface area contributed by atoms with Crippen LogP contribution in [0.1, 0.15) is 32.0 Å². The van der Waals surface area contributed by atoms with E-state index in [1.165, 1.54) is 12.2 Å². The van der Waals surface area contributed by atoms with Gasteiger partial charge in [-0.05, 0) is 6.42 Å². The second kappa shape index (κ2) is 5.68. The van der Waals surface area contributed by atoms with Crippen LogP contribution in [-0.2, 0) is 13.0 Å². The Bertz CT molecular complexity index is 329. The molecule has 0 amide bonds. The zero-order valence-electron chi connectivity index (χ0n) is 9.98. The van der Waals surface area contributed by atoms with E-state index in [0.717, 1.165) is 43.0 Å². The number of aromatic nitrogens is 2. The lowest BCUT2D eigenvalue weighted by Gasteiger charge is -2.30. The molecule has 0 N–H and O–H groups in total. The topological polar surface area (TPSA) is 42.2 Å². The van der Waals surface area contributed by atoms with E-state index in [-0.39, 0.29) is 0 Å². The number of thioether (sulfide) groups is 1. The van der Waals surface area contributed by atoms with Crippen LogP contribution in [0.3, 0.4) is 0 Å². The Kier molecular flexibility index (Phi) is 4.23. The van der Waals surface area contributed by atoms with Crippen LogP contribution >= 0.6 is 11.8 Å². The van der Waals surface area contributed by atoms with Gasteiger partial charge in [0.2, 0.25) is 5.89 Å². The lowest BCUT2D eigenvalue weighted by molar-refractivity contribution is 0.261. The number of hydrogen-bond donors (Lipinski definition) is 0. The molecule has 0 bridgehead atoms. The highest BCUT2D eigenvalue weighted by Gasteiger charge is 2.20. The summed E-state index contributed by atoms with van der Waals surface area (Å²) in [4.78, 5) is 6.77. The quantitative estimate of drug-likeness (QED) is 0.806. The van der Waals surface area contributed by atoms with E-state index < -0.39 is 0 Å². The van der Waals surface area contributed by atoms with E-state index >= 15 is 0 Å². The van der Waals surface area contributed by atoms with Crippen LogP contribution in [0.2, 0.25) is 0 Å². The molecule has 1 aliphatic rings. The van der Waals surface area contributed by atoms with Gasteiger partial charge in [0.1, 0.15) is 0 Å². The molecule has 0 radical (unpaired) electrons. The van der Waals surface area contributed by atoms with Gasteiger partial charge in [-0.15, -0.1) is 0 Å². The van der Waals surface area contributed by atoms with Gasteiger partial charge in [-0.2, -0.15) is 16.7 Å². The Hall–Kier alpha value is -0.550. The highest BCUT2D eigenvalue weighted by molar-refractivity contribution is 8.00. The van der Waals surface area contributed by atoms with Crippen LogP contribution in [0.4, 0.5) is 0 Å². The lowest BCUT2D eigenvalue weighted by Crippen LogP contribution is -2.37. The largest absolute Gasteiger partial charge is 0.339 e. The summed E-state index contributed by atoms with van der Waals surface area (Å²) in [5.41, 5.74) is 0. The van der Waals surface area contributed by atoms with E-state index in [4.69, 9.17) is 4.52 Å². The smallest absolute Gasteiger partial charge is 0.226 e. The van der Waals surface area contributed by atoms with Gasteiger partial charge in [-0.25, -0.2) is 0 Å². The van der Waals surface area contributed by atoms with Crippen molar-refractivity contribution >= 4 is 11.8 Å². The molecule has 4 nitrogen and oxygen atoms in total. The minimum absolute atomic E-state index is 0.744. The summed E-state index contributed by atoms with van der Waals surface area (Å²) in [6, 6.07) is 0. The summed E-state index contributed by atoms with van der Waals surface area (Å²) in [5, 5.41) is 4.77. The number of nitrogens with zero attached hydrogens (tertiary/aromatic N) is 3. The predicted octanol–water partition coefficient (Wildman–Crippen LogP) is 1.96. The fraction of sp³-hybridized carbons (Fsp3) is 0.818. The average Bonchev–Trinajstić information content (AvgIpc) is 2.77. The van der Waals surface area contributed by atoms with Crippen molar-refractivity contribution < 1.29 is 4.52 Å². The van der Waals surface area contributed by atoms with Gasteiger partial charge in [0, 0.05) is 30.5 Å². The summed E-state index contributed by atoms with van der Waals surface area (Å²) in [6.07, 6.45) is 2.06. The Morgan fingerprint density at radius 1 is 1.50 bits per heavy atom. The van der Waals surface area contributed by atoms with Gasteiger partial charge in [-0.3, -0.25) is 4.90 Å². The van der Waals surface area contributed by atoms with Crippen molar-refractivity contribution in [1.82, 2.24) is 15.0 Å². The van der Waals surface area contributed by atoms with Crippen molar-refractivity contribution in [2.45, 2.75) is 38.5 Å². The third-order valence-corrected chi connectivity index (χ3v) is 4.23. The van der Waals surface area contributed by atoms with Crippen LogP contribution in [0.5, 0.6) is 0 Å². The summed E-state index contributed by atoms with van der Waals surface area (Å²) < 4.78 is 5.12. The summed E-state index contributed by atoms with van der Waals surface area (Å²) in [7, 11) is 0. The van der Waals surface area contributed by atoms with E-state index in [2.05, 4.69) is 33.7 Å². The molecule has 0 aromatic carbocycles. The van der Waals surface area contributed by atoms with Crippen LogP contribution in [0.15, 0.2) is 4.52 Å². The van der Waals surface area contributed by atoms with E-state index in [0.29, 0.717) is 0 Å². The molecular formula is C11H19N3OS. The maximum atomic E-state index is 5.12. The molecule has 1 atom stereocenters. The maximum Gasteiger partial charge on any atom is 0.226 e. The molecule has 0 aliphatic carbocycles. The van der Waals surface area contributed by atoms with Crippen molar-refractivity contribution in [3.8, 4) is 0 Å². The molecule has 5 heteroatoms. The fourth-order valence-corrected chi connectivity index (χ4v) is 3.12. The first kappa shape index (κ1) is 11.9. The van der Waals surface area contributed by atoms with E-state index in [1.54, 1.807) is 0 Å². The molecule has 1 fully saturated rings. The molecule has 0 unspecified atom stereocenters. The van der Waals surface area contributed by atoms with Crippen LogP contribution in [0.25, 0.3) is 0 Å². The molecule has 0 saturated carbocycles. The average molecular weight is 241 g/mol. The zero-order valence-corrected chi connectivity index (χ0v) is 10.8. The molecule has 1 aliphatic heterocycles. The standard InChI is InChI=1S/C11H19N3OS/c1-3-9-7-14(5-6-16-9)8-10-12-11(4-2)15-13-10/h9H,3-8H2,1-2H3/t9-/m1/s1. The minimum Gasteiger partial charge on any atom is -0.339 e. The van der Waals surface area contributed by atoms with Gasteiger partial charge < -0.3 is 4.52 Å². The molecular weight excluding hydrogens is 222 g/mol. The van der Waals surface area contributed by atoms with Gasteiger partial charge in [-0.1, -0.05) is 19.0 Å². The summed E-state index contributed by atoms with van der Waals surface area (Å²) in [5.74, 6) is 2.80. The Morgan fingerprint density at radius 3 is 3.06 bits per heavy atom. The second-order valence-corrected chi connectivity index (χ2v) is 5.50. The van der Waals surface area contributed by atoms with Gasteiger partial charge >= 0.3 is 0 Å². The van der Waals surface area contributed by atoms with Crippen molar-refractivity contribution in [3.63, 3.8) is 0 Å². The van der Waals surface area contributed by atoms with Crippen LogP contribution < -0.4 is 0 Å². The van der Waals surface area contributed by atoms with Crippen LogP contribution in [0, 0.1) is 0 Å². The molecule has 0 spiro atoms. The Morgan fingerprint density at radius 2 is 2.38 bits per heavy atom. The number of aryl methyl sites for hydroxylation is 1. The molecule has 90 valence electrons. The molecule has 1 saturated heterocycles. The summed E-state index contributed by atoms with van der Waals surface area (Å²) >= 11 is 2.08. The maximum absolute atomic E-state index is 5.12. The first-order valence-electron chi connectivity index (χ1n) is 5.97. The summed E-state index contributed by atoms with van der Waals surface area (Å²) in [6.45, 7) is 7.40. The fourth-order valence-electron chi connectivity index (χ4n) is 1.87.